The van der Waals surface area contributed by atoms with Crippen LogP contribution in [-0.2, 0) is 6.42 Å². The van der Waals surface area contributed by atoms with Crippen LogP contribution in [0.2, 0.25) is 0 Å². The van der Waals surface area contributed by atoms with Gasteiger partial charge < -0.3 is 14.1 Å². The highest BCUT2D eigenvalue weighted by Gasteiger charge is 2.45. The number of benzene rings is 8. The van der Waals surface area contributed by atoms with Gasteiger partial charge in [-0.3, -0.25) is 16.0 Å². The number of anilines is 3. The van der Waals surface area contributed by atoms with Crippen LogP contribution in [0.25, 0.3) is 44.5 Å². The minimum atomic E-state index is -0.259. The maximum absolute atomic E-state index is 7.24. The van der Waals surface area contributed by atoms with Crippen molar-refractivity contribution in [1.82, 2.24) is 16.0 Å². The molecule has 13 rings (SSSR count). The van der Waals surface area contributed by atoms with E-state index in [-0.39, 0.29) is 30.5 Å². The molecule has 67 heavy (non-hydrogen) atoms. The van der Waals surface area contributed by atoms with Crippen LogP contribution in [0, 0.1) is 0 Å². The van der Waals surface area contributed by atoms with Gasteiger partial charge >= 0.3 is 0 Å². The molecule has 5 unspecified atom stereocenters. The molecule has 2 aliphatic heterocycles. The number of nitrogens with one attached hydrogen (secondary N) is 3. The molecule has 0 radical (unpaired) electrons. The normalized spacial score (nSPS) is 20.6. The predicted octanol–water partition coefficient (Wildman–Crippen LogP) is 14.1. The summed E-state index contributed by atoms with van der Waals surface area (Å²) in [5.41, 5.74) is 14.8. The van der Waals surface area contributed by atoms with E-state index >= 15 is 0 Å². The Labute approximate surface area is 390 Å². The largest absolute Gasteiger partial charge is 0.484 e. The topological polar surface area (TPSA) is 61.7 Å². The molecule has 0 bridgehead atoms. The molecule has 1 fully saturated rings. The molecule has 5 atom stereocenters. The van der Waals surface area contributed by atoms with Crippen molar-refractivity contribution in [2.75, 3.05) is 4.90 Å². The van der Waals surface area contributed by atoms with Gasteiger partial charge in [0, 0.05) is 45.6 Å². The molecule has 324 valence electrons. The van der Waals surface area contributed by atoms with Crippen LogP contribution in [0.3, 0.4) is 0 Å². The number of allylic oxidation sites excluding steroid dienone is 3. The second-order valence-corrected chi connectivity index (χ2v) is 18.0. The van der Waals surface area contributed by atoms with Crippen molar-refractivity contribution in [1.29, 1.82) is 0 Å². The highest BCUT2D eigenvalue weighted by molar-refractivity contribution is 5.90. The van der Waals surface area contributed by atoms with Crippen LogP contribution >= 0.6 is 0 Å². The van der Waals surface area contributed by atoms with E-state index in [1.807, 2.05) is 0 Å². The average Bonchev–Trinajstić information content (AvgIpc) is 3.97. The molecule has 1 aromatic heterocycles. The van der Waals surface area contributed by atoms with Crippen molar-refractivity contribution in [2.24, 2.45) is 0 Å². The van der Waals surface area contributed by atoms with E-state index in [1.54, 1.807) is 0 Å². The number of para-hydroxylation sites is 1. The Bertz CT molecular complexity index is 3390. The zero-order valence-electron chi connectivity index (χ0n) is 36.8. The summed E-state index contributed by atoms with van der Waals surface area (Å²) in [5.74, 6) is 1.94. The number of fused-ring (bicyclic) bond motifs is 7. The minimum absolute atomic E-state index is 0.0623. The molecule has 4 aliphatic rings. The zero-order chi connectivity index (χ0) is 44.3. The first-order valence-corrected chi connectivity index (χ1v) is 23.5. The van der Waals surface area contributed by atoms with Crippen molar-refractivity contribution < 1.29 is 9.15 Å². The molecule has 2 aliphatic carbocycles. The van der Waals surface area contributed by atoms with Crippen LogP contribution in [-0.4, -0.2) is 12.3 Å². The summed E-state index contributed by atoms with van der Waals surface area (Å²) in [6.45, 7) is 0. The molecule has 9 aromatic rings. The predicted molar refractivity (Wildman–Crippen MR) is 272 cm³/mol. The maximum Gasteiger partial charge on any atom is 0.135 e. The lowest BCUT2D eigenvalue weighted by atomic mass is 9.77. The highest BCUT2D eigenvalue weighted by Crippen LogP contribution is 2.52. The van der Waals surface area contributed by atoms with E-state index in [9.17, 15) is 0 Å². The fraction of sp³-hybridized carbons (Fsp3) is 0.115. The quantitative estimate of drug-likeness (QED) is 0.141. The lowest BCUT2D eigenvalue weighted by Crippen LogP contribution is -2.60. The van der Waals surface area contributed by atoms with E-state index in [2.05, 4.69) is 239 Å². The van der Waals surface area contributed by atoms with Gasteiger partial charge in [0.15, 0.2) is 0 Å². The molecule has 6 heteroatoms. The number of hydrogen-bond acceptors (Lipinski definition) is 6. The van der Waals surface area contributed by atoms with Gasteiger partial charge in [-0.1, -0.05) is 158 Å². The van der Waals surface area contributed by atoms with Crippen LogP contribution in [0.1, 0.15) is 58.2 Å². The van der Waals surface area contributed by atoms with Crippen molar-refractivity contribution in [3.63, 3.8) is 0 Å². The SMILES string of the molecule is C1=Cc2c(oc3ccc(C4NC(C5=CC=C(c6cccc(N(c7ccccc7)c7ccc(-c8ccccc8)cc7)c6)C6Oc7cc8ccccc8cc7C56)NC(c5ccccc5)N4)cc23)CC1. The number of nitrogens with zero attached hydrogens (tertiary/aromatic N) is 1. The van der Waals surface area contributed by atoms with E-state index in [0.29, 0.717) is 0 Å². The highest BCUT2D eigenvalue weighted by atomic mass is 16.5. The zero-order valence-corrected chi connectivity index (χ0v) is 36.8. The third-order valence-electron chi connectivity index (χ3n) is 14.0. The van der Waals surface area contributed by atoms with Gasteiger partial charge in [0.1, 0.15) is 23.2 Å². The summed E-state index contributed by atoms with van der Waals surface area (Å²) >= 11 is 0. The van der Waals surface area contributed by atoms with Gasteiger partial charge in [-0.05, 0) is 111 Å². The van der Waals surface area contributed by atoms with Crippen LogP contribution < -0.4 is 25.6 Å². The van der Waals surface area contributed by atoms with Crippen LogP contribution in [0.15, 0.2) is 222 Å². The Morgan fingerprint density at radius 3 is 1.97 bits per heavy atom. The summed E-state index contributed by atoms with van der Waals surface area (Å²) in [6.07, 6.45) is 10.3. The molecule has 8 aromatic carbocycles. The molecule has 1 saturated heterocycles. The fourth-order valence-corrected chi connectivity index (χ4v) is 10.8. The lowest BCUT2D eigenvalue weighted by Gasteiger charge is -2.43. The molecule has 3 heterocycles. The molecule has 0 spiro atoms. The summed E-state index contributed by atoms with van der Waals surface area (Å²) in [4.78, 5) is 2.34. The Balaban J connectivity index is 0.915. The van der Waals surface area contributed by atoms with Crippen molar-refractivity contribution in [3.8, 4) is 16.9 Å². The lowest BCUT2D eigenvalue weighted by molar-refractivity contribution is 0.207. The number of furan rings is 1. The van der Waals surface area contributed by atoms with E-state index in [1.165, 1.54) is 44.2 Å². The van der Waals surface area contributed by atoms with Crippen molar-refractivity contribution in [3.05, 3.63) is 252 Å². The monoisotopic (exact) mass is 868 g/mol. The second-order valence-electron chi connectivity index (χ2n) is 18.0. The smallest absolute Gasteiger partial charge is 0.135 e. The Kier molecular flexibility index (Phi) is 9.82. The van der Waals surface area contributed by atoms with Crippen molar-refractivity contribution >= 4 is 50.5 Å². The summed E-state index contributed by atoms with van der Waals surface area (Å²) in [7, 11) is 0. The standard InChI is InChI=1S/C61H48N4O2/c1-4-15-39(16-5-1)40-27-30-47(31-28-40)65(46-22-8-3-9-23-46)48-24-14-21-44(35-48)49-32-33-51(57-53-36-42-19-10-11-20-43(42)38-56(53)67-58(49)57)61-63-59(41-17-6-2-7-18-41)62-60(64-61)45-29-34-55-52(37-45)50-25-12-13-26-54(50)66-55/h1-12,14-25,27-38,57-64H,13,26H2. The Hall–Kier alpha value is -7.74. The third-order valence-corrected chi connectivity index (χ3v) is 14.0. The number of rotatable bonds is 8. The first-order valence-electron chi connectivity index (χ1n) is 23.5. The van der Waals surface area contributed by atoms with Gasteiger partial charge in [-0.2, -0.15) is 0 Å². The molecular formula is C61H48N4O2. The second kappa shape index (κ2) is 16.6. The number of hydrogen-bond donors (Lipinski definition) is 3. The Morgan fingerprint density at radius 2 is 1.16 bits per heavy atom. The number of ether oxygens (including phenoxy) is 1. The molecule has 0 saturated carbocycles. The Morgan fingerprint density at radius 1 is 0.507 bits per heavy atom. The van der Waals surface area contributed by atoms with Gasteiger partial charge in [0.05, 0.1) is 24.4 Å². The number of aryl methyl sites for hydroxylation is 1. The first-order chi connectivity index (χ1) is 33.2. The molecule has 3 N–H and O–H groups in total. The first kappa shape index (κ1) is 39.6. The van der Waals surface area contributed by atoms with Gasteiger partial charge in [-0.25, -0.2) is 0 Å². The maximum atomic E-state index is 7.24. The van der Waals surface area contributed by atoms with E-state index in [4.69, 9.17) is 9.15 Å². The molecular weight excluding hydrogens is 821 g/mol. The molecule has 0 amide bonds. The van der Waals surface area contributed by atoms with E-state index < -0.39 is 0 Å². The summed E-state index contributed by atoms with van der Waals surface area (Å²) < 4.78 is 13.6. The van der Waals surface area contributed by atoms with Gasteiger partial charge in [0.25, 0.3) is 0 Å². The third kappa shape index (κ3) is 7.18. The van der Waals surface area contributed by atoms with Crippen LogP contribution in [0.4, 0.5) is 17.1 Å². The summed E-state index contributed by atoms with van der Waals surface area (Å²) in [5, 5.41) is 15.5. The average molecular weight is 869 g/mol. The van der Waals surface area contributed by atoms with E-state index in [0.717, 1.165) is 69.1 Å². The van der Waals surface area contributed by atoms with Crippen LogP contribution in [0.5, 0.6) is 5.75 Å². The van der Waals surface area contributed by atoms with Gasteiger partial charge in [0.2, 0.25) is 0 Å². The molecule has 6 nitrogen and oxygen atoms in total. The van der Waals surface area contributed by atoms with Crippen molar-refractivity contribution in [2.45, 2.75) is 43.4 Å². The summed E-state index contributed by atoms with van der Waals surface area (Å²) in [6, 6.07) is 69.6. The fourth-order valence-electron chi connectivity index (χ4n) is 10.8. The minimum Gasteiger partial charge on any atom is -0.484 e. The van der Waals surface area contributed by atoms with Gasteiger partial charge in [-0.15, -0.1) is 0 Å².